The topological polar surface area (TPSA) is 0 Å². The summed E-state index contributed by atoms with van der Waals surface area (Å²) in [5.41, 5.74) is 0. The predicted molar refractivity (Wildman–Crippen MR) is 75.6 cm³/mol. The first kappa shape index (κ1) is 14.4. The highest BCUT2D eigenvalue weighted by Crippen LogP contribution is 1.71. The van der Waals surface area contributed by atoms with Gasteiger partial charge in [-0.3, -0.25) is 0 Å². The van der Waals surface area contributed by atoms with Gasteiger partial charge in [0.25, 0.3) is 0 Å². The van der Waals surface area contributed by atoms with Gasteiger partial charge in [0.1, 0.15) is 0 Å². The molecule has 1 aromatic rings. The van der Waals surface area contributed by atoms with Gasteiger partial charge in [-0.25, -0.2) is 0 Å². The summed E-state index contributed by atoms with van der Waals surface area (Å²) in [6, 6.07) is 8.36. The molecule has 0 nitrogen and oxygen atoms in total. The molecule has 0 saturated heterocycles. The molecule has 0 bridgehead atoms. The van der Waals surface area contributed by atoms with Gasteiger partial charge >= 0.3 is 0 Å². The molecular weight excluding hydrogens is 192 g/mol. The Bertz CT molecular complexity index is 390. The van der Waals surface area contributed by atoms with Gasteiger partial charge in [-0.2, -0.15) is 0 Å². The fraction of sp³-hybridized carbons (Fsp3) is 0.250. The van der Waals surface area contributed by atoms with E-state index in [1.807, 2.05) is 38.2 Å². The number of rotatable bonds is 1. The highest BCUT2D eigenvalue weighted by molar-refractivity contribution is 5.28. The molecule has 0 aromatic heterocycles. The van der Waals surface area contributed by atoms with Crippen molar-refractivity contribution in [1.82, 2.24) is 0 Å². The largest absolute Gasteiger partial charge is 0.0877 e. The summed E-state index contributed by atoms with van der Waals surface area (Å²) in [7, 11) is 0. The van der Waals surface area contributed by atoms with E-state index in [9.17, 15) is 0 Å². The van der Waals surface area contributed by atoms with Crippen molar-refractivity contribution in [3.63, 3.8) is 0 Å². The van der Waals surface area contributed by atoms with Crippen molar-refractivity contribution >= 4 is 12.2 Å². The van der Waals surface area contributed by atoms with E-state index in [0.717, 1.165) is 0 Å². The van der Waals surface area contributed by atoms with Crippen LogP contribution in [0.3, 0.4) is 0 Å². The molecule has 16 heavy (non-hydrogen) atoms. The van der Waals surface area contributed by atoms with E-state index in [2.05, 4.69) is 50.3 Å². The van der Waals surface area contributed by atoms with E-state index in [4.69, 9.17) is 0 Å². The Hall–Kier alpha value is -1.56. The third kappa shape index (κ3) is 6.02. The zero-order valence-electron chi connectivity index (χ0n) is 10.8. The maximum atomic E-state index is 2.12. The first-order chi connectivity index (χ1) is 7.79. The second-order valence-electron chi connectivity index (χ2n) is 3.26. The lowest BCUT2D eigenvalue weighted by Crippen LogP contribution is -2.22. The summed E-state index contributed by atoms with van der Waals surface area (Å²) in [6.45, 7) is 8.12. The van der Waals surface area contributed by atoms with Crippen molar-refractivity contribution in [1.29, 1.82) is 0 Å². The zero-order chi connectivity index (χ0) is 12.2. The molecule has 0 aliphatic heterocycles. The molecule has 1 aromatic carbocycles. The highest BCUT2D eigenvalue weighted by Gasteiger charge is 1.77. The molecule has 0 atom stereocenters. The molecule has 0 unspecified atom stereocenters. The Morgan fingerprint density at radius 3 is 1.31 bits per heavy atom. The van der Waals surface area contributed by atoms with Crippen molar-refractivity contribution in [2.75, 3.05) is 0 Å². The Morgan fingerprint density at radius 1 is 0.688 bits per heavy atom. The SMILES string of the molecule is C/C=C\C=C/C.C/C=c1/cccc/c1=C/C. The van der Waals surface area contributed by atoms with Crippen molar-refractivity contribution in [2.24, 2.45) is 0 Å². The minimum atomic E-state index is 1.31. The Labute approximate surface area is 99.3 Å². The summed E-state index contributed by atoms with van der Waals surface area (Å²) < 4.78 is 0. The lowest BCUT2D eigenvalue weighted by atomic mass is 10.2. The highest BCUT2D eigenvalue weighted by atomic mass is 13.8. The molecule has 1 rings (SSSR count). The van der Waals surface area contributed by atoms with Crippen molar-refractivity contribution in [2.45, 2.75) is 27.7 Å². The van der Waals surface area contributed by atoms with Gasteiger partial charge < -0.3 is 0 Å². The summed E-state index contributed by atoms with van der Waals surface area (Å²) in [5, 5.41) is 2.62. The smallest absolute Gasteiger partial charge is 0.0230 e. The molecular formula is C16H22. The van der Waals surface area contributed by atoms with Crippen LogP contribution in [-0.2, 0) is 0 Å². The molecule has 0 spiro atoms. The van der Waals surface area contributed by atoms with Crippen LogP contribution in [0, 0.1) is 0 Å². The lowest BCUT2D eigenvalue weighted by Gasteiger charge is -1.85. The molecule has 0 N–H and O–H groups in total. The van der Waals surface area contributed by atoms with Gasteiger partial charge in [-0.1, -0.05) is 60.7 Å². The Morgan fingerprint density at radius 2 is 1.06 bits per heavy atom. The Balaban J connectivity index is 0.000000325. The minimum Gasteiger partial charge on any atom is -0.0877 e. The van der Waals surface area contributed by atoms with Crippen molar-refractivity contribution in [3.8, 4) is 0 Å². The van der Waals surface area contributed by atoms with Gasteiger partial charge in [0, 0.05) is 0 Å². The van der Waals surface area contributed by atoms with E-state index in [1.165, 1.54) is 10.4 Å². The molecule has 0 aliphatic carbocycles. The van der Waals surface area contributed by atoms with Gasteiger partial charge in [0.2, 0.25) is 0 Å². The van der Waals surface area contributed by atoms with Gasteiger partial charge in [0.05, 0.1) is 0 Å². The first-order valence-electron chi connectivity index (χ1n) is 5.71. The van der Waals surface area contributed by atoms with Gasteiger partial charge in [-0.15, -0.1) is 0 Å². The summed E-state index contributed by atoms with van der Waals surface area (Å²) >= 11 is 0. The number of hydrogen-bond donors (Lipinski definition) is 0. The van der Waals surface area contributed by atoms with Crippen LogP contribution in [0.2, 0.25) is 0 Å². The van der Waals surface area contributed by atoms with Crippen LogP contribution in [-0.4, -0.2) is 0 Å². The molecule has 0 fully saturated rings. The van der Waals surface area contributed by atoms with Crippen LogP contribution in [0.15, 0.2) is 48.6 Å². The summed E-state index contributed by atoms with van der Waals surface area (Å²) in [4.78, 5) is 0. The molecule has 86 valence electrons. The van der Waals surface area contributed by atoms with Crippen LogP contribution >= 0.6 is 0 Å². The van der Waals surface area contributed by atoms with Crippen LogP contribution in [0.25, 0.3) is 12.2 Å². The molecule has 0 heterocycles. The second-order valence-corrected chi connectivity index (χ2v) is 3.26. The van der Waals surface area contributed by atoms with Gasteiger partial charge in [0.15, 0.2) is 0 Å². The van der Waals surface area contributed by atoms with Crippen molar-refractivity contribution in [3.05, 3.63) is 59.0 Å². The van der Waals surface area contributed by atoms with Gasteiger partial charge in [-0.05, 0) is 38.1 Å². The van der Waals surface area contributed by atoms with E-state index < -0.39 is 0 Å². The maximum Gasteiger partial charge on any atom is -0.0230 e. The van der Waals surface area contributed by atoms with E-state index >= 15 is 0 Å². The number of benzene rings is 1. The zero-order valence-corrected chi connectivity index (χ0v) is 10.8. The monoisotopic (exact) mass is 214 g/mol. The van der Waals surface area contributed by atoms with Crippen LogP contribution in [0.1, 0.15) is 27.7 Å². The predicted octanol–water partition coefficient (Wildman–Crippen LogP) is 3.43. The molecule has 0 saturated carbocycles. The summed E-state index contributed by atoms with van der Waals surface area (Å²) in [5.74, 6) is 0. The average Bonchev–Trinajstić information content (AvgIpc) is 2.36. The van der Waals surface area contributed by atoms with E-state index in [0.29, 0.717) is 0 Å². The second kappa shape index (κ2) is 9.97. The average molecular weight is 214 g/mol. The minimum absolute atomic E-state index is 1.31. The third-order valence-electron chi connectivity index (χ3n) is 2.11. The lowest BCUT2D eigenvalue weighted by molar-refractivity contribution is 1.50. The van der Waals surface area contributed by atoms with Crippen LogP contribution in [0.4, 0.5) is 0 Å². The number of hydrogen-bond acceptors (Lipinski definition) is 0. The fourth-order valence-electron chi connectivity index (χ4n) is 1.26. The van der Waals surface area contributed by atoms with E-state index in [1.54, 1.807) is 0 Å². The number of allylic oxidation sites excluding steroid dienone is 4. The van der Waals surface area contributed by atoms with Crippen molar-refractivity contribution < 1.29 is 0 Å². The molecule has 0 radical (unpaired) electrons. The van der Waals surface area contributed by atoms with E-state index in [-0.39, 0.29) is 0 Å². The Kier molecular flexibility index (Phi) is 9.00. The van der Waals surface area contributed by atoms with Crippen LogP contribution in [0.5, 0.6) is 0 Å². The first-order valence-corrected chi connectivity index (χ1v) is 5.71. The standard InChI is InChI=1S/C10H12.C6H10/c1-3-9-7-5-6-8-10(9)4-2;1-3-5-6-4-2/h3-8H,1-2H3;3-6H,1-2H3/b9-3-,10-4-;5-3-,6-4-. The quantitative estimate of drug-likeness (QED) is 0.628. The van der Waals surface area contributed by atoms with Crippen LogP contribution < -0.4 is 10.4 Å². The fourth-order valence-corrected chi connectivity index (χ4v) is 1.26. The molecule has 0 heteroatoms. The normalized spacial score (nSPS) is 13.2. The molecule has 0 aliphatic rings. The maximum absolute atomic E-state index is 2.12. The third-order valence-corrected chi connectivity index (χ3v) is 2.11. The summed E-state index contributed by atoms with van der Waals surface area (Å²) in [6.07, 6.45) is 12.2. The molecule has 0 amide bonds.